The van der Waals surface area contributed by atoms with Crippen LogP contribution in [0.3, 0.4) is 0 Å². The second-order valence-electron chi connectivity index (χ2n) is 9.61. The number of carbonyl (C=O) groups is 3. The molecule has 1 fully saturated rings. The lowest BCUT2D eigenvalue weighted by Gasteiger charge is -2.42. The number of nitrogens with one attached hydrogen (secondary N) is 1. The molecule has 0 bridgehead atoms. The summed E-state index contributed by atoms with van der Waals surface area (Å²) in [4.78, 5) is 39.7. The highest BCUT2D eigenvalue weighted by molar-refractivity contribution is 5.91. The quantitative estimate of drug-likeness (QED) is 0.560. The number of nitrogens with zero attached hydrogens (tertiary/aromatic N) is 1. The monoisotopic (exact) mass is 478 g/mol. The van der Waals surface area contributed by atoms with Crippen molar-refractivity contribution in [3.8, 4) is 11.1 Å². The Morgan fingerprint density at radius 2 is 1.60 bits per heavy atom. The number of benzene rings is 2. The SMILES string of the molecule is CCC[C@@H](NC(=O)OCC1c2ccccc2-c2ccccc21)C(=O)N(C)C1(C(=O)O)CCCCC1. The van der Waals surface area contributed by atoms with E-state index in [1.54, 1.807) is 7.05 Å². The molecule has 1 saturated carbocycles. The molecule has 0 aromatic heterocycles. The lowest BCUT2D eigenvalue weighted by Crippen LogP contribution is -2.60. The Morgan fingerprint density at radius 3 is 2.14 bits per heavy atom. The molecule has 0 unspecified atom stereocenters. The van der Waals surface area contributed by atoms with Crippen LogP contribution in [0.25, 0.3) is 11.1 Å². The first-order valence-corrected chi connectivity index (χ1v) is 12.5. The van der Waals surface area contributed by atoms with Gasteiger partial charge in [0.1, 0.15) is 18.2 Å². The number of carbonyl (C=O) groups excluding carboxylic acids is 2. The zero-order chi connectivity index (χ0) is 25.0. The molecule has 2 aliphatic rings. The highest BCUT2D eigenvalue weighted by atomic mass is 16.5. The second kappa shape index (κ2) is 10.5. The van der Waals surface area contributed by atoms with Crippen molar-refractivity contribution in [2.75, 3.05) is 13.7 Å². The van der Waals surface area contributed by atoms with Crippen LogP contribution in [0.5, 0.6) is 0 Å². The van der Waals surface area contributed by atoms with Gasteiger partial charge >= 0.3 is 12.1 Å². The number of alkyl carbamates (subject to hydrolysis) is 1. The summed E-state index contributed by atoms with van der Waals surface area (Å²) < 4.78 is 5.63. The van der Waals surface area contributed by atoms with E-state index in [9.17, 15) is 19.5 Å². The molecule has 0 aliphatic heterocycles. The number of carboxylic acid groups (broad SMARTS) is 1. The van der Waals surface area contributed by atoms with Crippen LogP contribution in [-0.4, -0.2) is 53.2 Å². The van der Waals surface area contributed by atoms with Gasteiger partial charge in [0.25, 0.3) is 0 Å². The summed E-state index contributed by atoms with van der Waals surface area (Å²) >= 11 is 0. The van der Waals surface area contributed by atoms with Crippen LogP contribution in [-0.2, 0) is 14.3 Å². The first-order chi connectivity index (χ1) is 16.9. The van der Waals surface area contributed by atoms with Crippen LogP contribution >= 0.6 is 0 Å². The van der Waals surface area contributed by atoms with Crippen LogP contribution in [0, 0.1) is 0 Å². The molecule has 0 saturated heterocycles. The van der Waals surface area contributed by atoms with Crippen molar-refractivity contribution in [2.45, 2.75) is 69.4 Å². The molecule has 2 N–H and O–H groups in total. The van der Waals surface area contributed by atoms with Gasteiger partial charge in [0.05, 0.1) is 0 Å². The topological polar surface area (TPSA) is 95.9 Å². The minimum atomic E-state index is -1.22. The normalized spacial score (nSPS) is 17.1. The maximum Gasteiger partial charge on any atom is 0.407 e. The smallest absolute Gasteiger partial charge is 0.407 e. The molecule has 186 valence electrons. The highest BCUT2D eigenvalue weighted by Gasteiger charge is 2.46. The van der Waals surface area contributed by atoms with Gasteiger partial charge in [-0.25, -0.2) is 9.59 Å². The molecular formula is C28H34N2O5. The summed E-state index contributed by atoms with van der Waals surface area (Å²) in [7, 11) is 1.55. The molecule has 0 heterocycles. The molecule has 0 radical (unpaired) electrons. The lowest BCUT2D eigenvalue weighted by atomic mass is 9.80. The third-order valence-corrected chi connectivity index (χ3v) is 7.56. The van der Waals surface area contributed by atoms with Gasteiger partial charge in [0.15, 0.2) is 0 Å². The van der Waals surface area contributed by atoms with Crippen molar-refractivity contribution in [3.05, 3.63) is 59.7 Å². The maximum atomic E-state index is 13.4. The molecule has 7 nitrogen and oxygen atoms in total. The average molecular weight is 479 g/mol. The maximum absolute atomic E-state index is 13.4. The van der Waals surface area contributed by atoms with Crippen LogP contribution < -0.4 is 5.32 Å². The van der Waals surface area contributed by atoms with E-state index in [1.807, 2.05) is 31.2 Å². The van der Waals surface area contributed by atoms with Gasteiger partial charge in [0.2, 0.25) is 5.91 Å². The predicted octanol–water partition coefficient (Wildman–Crippen LogP) is 4.94. The van der Waals surface area contributed by atoms with Crippen molar-refractivity contribution >= 4 is 18.0 Å². The number of aliphatic carboxylic acids is 1. The van der Waals surface area contributed by atoms with Gasteiger partial charge < -0.3 is 20.1 Å². The lowest BCUT2D eigenvalue weighted by molar-refractivity contribution is -0.161. The molecule has 35 heavy (non-hydrogen) atoms. The second-order valence-corrected chi connectivity index (χ2v) is 9.61. The fourth-order valence-corrected chi connectivity index (χ4v) is 5.60. The molecule has 2 amide bonds. The predicted molar refractivity (Wildman–Crippen MR) is 133 cm³/mol. The van der Waals surface area contributed by atoms with Gasteiger partial charge in [-0.3, -0.25) is 4.79 Å². The van der Waals surface area contributed by atoms with E-state index in [4.69, 9.17) is 4.74 Å². The number of likely N-dealkylation sites (N-methyl/N-ethyl adjacent to an activating group) is 1. The number of amides is 2. The Kier molecular flexibility index (Phi) is 7.43. The molecule has 0 spiro atoms. The van der Waals surface area contributed by atoms with E-state index in [-0.39, 0.29) is 18.4 Å². The summed E-state index contributed by atoms with van der Waals surface area (Å²) in [5, 5.41) is 12.7. The van der Waals surface area contributed by atoms with Gasteiger partial charge in [-0.1, -0.05) is 81.1 Å². The zero-order valence-electron chi connectivity index (χ0n) is 20.5. The Balaban J connectivity index is 1.44. The zero-order valence-corrected chi connectivity index (χ0v) is 20.5. The van der Waals surface area contributed by atoms with E-state index in [2.05, 4.69) is 29.6 Å². The number of ether oxygens (including phenoxy) is 1. The van der Waals surface area contributed by atoms with Crippen LogP contribution in [0.4, 0.5) is 4.79 Å². The van der Waals surface area contributed by atoms with Crippen molar-refractivity contribution in [1.29, 1.82) is 0 Å². The highest BCUT2D eigenvalue weighted by Crippen LogP contribution is 2.44. The average Bonchev–Trinajstić information content (AvgIpc) is 3.20. The van der Waals surface area contributed by atoms with E-state index >= 15 is 0 Å². The molecule has 2 aromatic rings. The van der Waals surface area contributed by atoms with E-state index in [1.165, 1.54) is 4.90 Å². The first kappa shape index (κ1) is 24.8. The number of hydrogen-bond acceptors (Lipinski definition) is 4. The number of fused-ring (bicyclic) bond motifs is 3. The molecule has 7 heteroatoms. The van der Waals surface area contributed by atoms with Crippen molar-refractivity contribution < 1.29 is 24.2 Å². The van der Waals surface area contributed by atoms with Crippen LogP contribution in [0.15, 0.2) is 48.5 Å². The summed E-state index contributed by atoms with van der Waals surface area (Å²) in [5.41, 5.74) is 3.30. The van der Waals surface area contributed by atoms with Gasteiger partial charge in [-0.2, -0.15) is 0 Å². The molecular weight excluding hydrogens is 444 g/mol. The van der Waals surface area contributed by atoms with Gasteiger partial charge in [0, 0.05) is 13.0 Å². The Bertz CT molecular complexity index is 1050. The number of carboxylic acids is 1. The van der Waals surface area contributed by atoms with Gasteiger partial charge in [-0.05, 0) is 41.5 Å². The first-order valence-electron chi connectivity index (χ1n) is 12.5. The summed E-state index contributed by atoms with van der Waals surface area (Å²) in [6, 6.07) is 15.4. The Hall–Kier alpha value is -3.35. The Labute approximate surface area is 206 Å². The van der Waals surface area contributed by atoms with Crippen LogP contribution in [0.1, 0.15) is 68.9 Å². The largest absolute Gasteiger partial charge is 0.479 e. The standard InChI is InChI=1S/C28H34N2O5/c1-3-11-24(25(31)30(2)28(26(32)33)16-9-4-10-17-28)29-27(34)35-18-23-21-14-7-5-12-19(21)20-13-6-8-15-22(20)23/h5-8,12-15,23-24H,3-4,9-11,16-18H2,1-2H3,(H,29,34)(H,32,33)/t24-/m1/s1. The fraction of sp³-hybridized carbons (Fsp3) is 0.464. The minimum Gasteiger partial charge on any atom is -0.479 e. The summed E-state index contributed by atoms with van der Waals surface area (Å²) in [6.45, 7) is 2.08. The molecule has 2 aromatic carbocycles. The van der Waals surface area contributed by atoms with Crippen LogP contribution in [0.2, 0.25) is 0 Å². The van der Waals surface area contributed by atoms with Crippen molar-refractivity contribution in [1.82, 2.24) is 10.2 Å². The number of rotatable bonds is 8. The van der Waals surface area contributed by atoms with Crippen molar-refractivity contribution in [2.24, 2.45) is 0 Å². The van der Waals surface area contributed by atoms with Gasteiger partial charge in [-0.15, -0.1) is 0 Å². The Morgan fingerprint density at radius 1 is 1.03 bits per heavy atom. The fourth-order valence-electron chi connectivity index (χ4n) is 5.60. The molecule has 2 aliphatic carbocycles. The van der Waals surface area contributed by atoms with E-state index in [0.717, 1.165) is 41.5 Å². The summed E-state index contributed by atoms with van der Waals surface area (Å²) in [6.07, 6.45) is 3.75. The van der Waals surface area contributed by atoms with E-state index < -0.39 is 23.6 Å². The third-order valence-electron chi connectivity index (χ3n) is 7.56. The number of hydrogen-bond donors (Lipinski definition) is 2. The van der Waals surface area contributed by atoms with Crippen molar-refractivity contribution in [3.63, 3.8) is 0 Å². The molecule has 4 rings (SSSR count). The summed E-state index contributed by atoms with van der Waals surface area (Å²) in [5.74, 6) is -1.44. The van der Waals surface area contributed by atoms with E-state index in [0.29, 0.717) is 25.7 Å². The molecule has 1 atom stereocenters. The third kappa shape index (κ3) is 4.77. The minimum absolute atomic E-state index is 0.0753.